The summed E-state index contributed by atoms with van der Waals surface area (Å²) in [4.78, 5) is 12.4. The topological polar surface area (TPSA) is 90.0 Å². The van der Waals surface area contributed by atoms with E-state index in [-0.39, 0.29) is 17.9 Å². The maximum Gasteiger partial charge on any atom is 0.226 e. The lowest BCUT2D eigenvalue weighted by Crippen LogP contribution is -2.26. The van der Waals surface area contributed by atoms with Crippen LogP contribution in [0.5, 0.6) is 0 Å². The van der Waals surface area contributed by atoms with Crippen LogP contribution in [-0.2, 0) is 4.79 Å². The van der Waals surface area contributed by atoms with Gasteiger partial charge in [-0.1, -0.05) is 6.07 Å². The van der Waals surface area contributed by atoms with Crippen LogP contribution in [0.4, 0.5) is 14.6 Å². The zero-order valence-electron chi connectivity index (χ0n) is 15.5. The highest BCUT2D eigenvalue weighted by molar-refractivity contribution is 5.95. The fraction of sp³-hybridized carbons (Fsp3) is 0.211. The first-order valence-electron chi connectivity index (χ1n) is 8.96. The Morgan fingerprint density at radius 3 is 2.55 bits per heavy atom. The third kappa shape index (κ3) is 2.59. The summed E-state index contributed by atoms with van der Waals surface area (Å²) in [6, 6.07) is 7.10. The van der Waals surface area contributed by atoms with Crippen molar-refractivity contribution in [3.63, 3.8) is 0 Å². The lowest BCUT2D eigenvalue weighted by atomic mass is 9.85. The number of hydrogen-bond acceptors (Lipinski definition) is 5. The highest BCUT2D eigenvalue weighted by Gasteiger charge is 2.35. The number of aryl methyl sites for hydroxylation is 2. The maximum absolute atomic E-state index is 14.5. The second kappa shape index (κ2) is 6.16. The second-order valence-corrected chi connectivity index (χ2v) is 6.91. The molecule has 1 N–H and O–H groups in total. The van der Waals surface area contributed by atoms with Gasteiger partial charge in [-0.2, -0.15) is 14.3 Å². The van der Waals surface area contributed by atoms with E-state index in [2.05, 4.69) is 25.7 Å². The van der Waals surface area contributed by atoms with Crippen molar-refractivity contribution in [2.45, 2.75) is 26.2 Å². The van der Waals surface area contributed by atoms with Crippen LogP contribution in [0.15, 0.2) is 30.3 Å². The minimum Gasteiger partial charge on any atom is -0.310 e. The van der Waals surface area contributed by atoms with E-state index in [9.17, 15) is 13.6 Å². The number of fused-ring (bicyclic) bond motifs is 2. The lowest BCUT2D eigenvalue weighted by molar-refractivity contribution is -0.116. The Kier molecular flexibility index (Phi) is 3.70. The minimum atomic E-state index is -0.783. The summed E-state index contributed by atoms with van der Waals surface area (Å²) in [7, 11) is 0. The third-order valence-corrected chi connectivity index (χ3v) is 5.07. The number of halogens is 2. The number of benzene rings is 1. The summed E-state index contributed by atoms with van der Waals surface area (Å²) in [5.41, 5.74) is 1.55. The van der Waals surface area contributed by atoms with Crippen LogP contribution >= 0.6 is 0 Å². The highest BCUT2D eigenvalue weighted by atomic mass is 19.1. The van der Waals surface area contributed by atoms with E-state index < -0.39 is 17.6 Å². The molecule has 1 amide bonds. The minimum absolute atomic E-state index is 0.0750. The number of nitrogens with zero attached hydrogens (tertiary/aromatic N) is 6. The van der Waals surface area contributed by atoms with Crippen LogP contribution in [-0.4, -0.2) is 35.5 Å². The summed E-state index contributed by atoms with van der Waals surface area (Å²) >= 11 is 0. The number of aromatic nitrogens is 6. The van der Waals surface area contributed by atoms with Crippen molar-refractivity contribution in [3.05, 3.63) is 64.6 Å². The molecule has 0 saturated carbocycles. The molecule has 29 heavy (non-hydrogen) atoms. The van der Waals surface area contributed by atoms with Crippen LogP contribution in [0.3, 0.4) is 0 Å². The molecule has 1 aliphatic rings. The number of carbonyl (C=O) groups is 1. The monoisotopic (exact) mass is 395 g/mol. The van der Waals surface area contributed by atoms with Crippen LogP contribution < -0.4 is 5.32 Å². The Balaban J connectivity index is 1.72. The van der Waals surface area contributed by atoms with E-state index in [1.54, 1.807) is 30.5 Å². The van der Waals surface area contributed by atoms with E-state index in [0.29, 0.717) is 34.4 Å². The molecule has 1 atom stereocenters. The van der Waals surface area contributed by atoms with E-state index >= 15 is 0 Å². The Bertz CT molecular complexity index is 1270. The predicted molar refractivity (Wildman–Crippen MR) is 98.8 cm³/mol. The van der Waals surface area contributed by atoms with Gasteiger partial charge in [0.05, 0.1) is 5.69 Å². The fourth-order valence-corrected chi connectivity index (χ4v) is 3.80. The van der Waals surface area contributed by atoms with Crippen LogP contribution in [0.25, 0.3) is 11.5 Å². The Morgan fingerprint density at radius 2 is 1.79 bits per heavy atom. The number of hydrogen-bond donors (Lipinski definition) is 1. The van der Waals surface area contributed by atoms with Gasteiger partial charge in [0.25, 0.3) is 0 Å². The number of anilines is 1. The average molecular weight is 395 g/mol. The van der Waals surface area contributed by atoms with Crippen LogP contribution in [0, 0.1) is 25.5 Å². The third-order valence-electron chi connectivity index (χ3n) is 5.07. The van der Waals surface area contributed by atoms with Crippen LogP contribution in [0.1, 0.15) is 35.0 Å². The van der Waals surface area contributed by atoms with Crippen molar-refractivity contribution >= 4 is 17.4 Å². The summed E-state index contributed by atoms with van der Waals surface area (Å²) in [5.74, 6) is -1.16. The molecule has 8 nitrogen and oxygen atoms in total. The van der Waals surface area contributed by atoms with Gasteiger partial charge in [0.15, 0.2) is 17.3 Å². The fourth-order valence-electron chi connectivity index (χ4n) is 3.80. The first kappa shape index (κ1) is 17.4. The molecule has 10 heteroatoms. The van der Waals surface area contributed by atoms with E-state index in [1.165, 1.54) is 22.9 Å². The summed E-state index contributed by atoms with van der Waals surface area (Å²) in [6.07, 6.45) is -0.0750. The standard InChI is InChI=1S/C19H15F2N7O/c1-9-17-11(18-12(20)4-3-5-13(18)21)8-16(29)22-19(17)28(25-9)15-7-6-14-24-23-10(2)27(14)26-15/h3-7,11H,8H2,1-2H3,(H,22,29)/t11-/m1/s1. The highest BCUT2D eigenvalue weighted by Crippen LogP contribution is 2.41. The van der Waals surface area contributed by atoms with Gasteiger partial charge in [0.1, 0.15) is 17.5 Å². The van der Waals surface area contributed by atoms with Crippen molar-refractivity contribution in [2.24, 2.45) is 0 Å². The number of amides is 1. The van der Waals surface area contributed by atoms with Crippen molar-refractivity contribution in [2.75, 3.05) is 5.32 Å². The summed E-state index contributed by atoms with van der Waals surface area (Å²) in [5, 5.41) is 19.7. The Labute approximate surface area is 163 Å². The maximum atomic E-state index is 14.5. The van der Waals surface area contributed by atoms with Crippen molar-refractivity contribution in [1.29, 1.82) is 0 Å². The molecule has 0 fully saturated rings. The zero-order valence-corrected chi connectivity index (χ0v) is 15.5. The number of nitrogens with one attached hydrogen (secondary N) is 1. The molecule has 1 aliphatic heterocycles. The molecule has 0 unspecified atom stereocenters. The van der Waals surface area contributed by atoms with Gasteiger partial charge < -0.3 is 5.32 Å². The van der Waals surface area contributed by atoms with Gasteiger partial charge in [-0.3, -0.25) is 4.79 Å². The first-order chi connectivity index (χ1) is 13.9. The molecule has 4 aromatic rings. The largest absolute Gasteiger partial charge is 0.310 e. The molecule has 146 valence electrons. The smallest absolute Gasteiger partial charge is 0.226 e. The lowest BCUT2D eigenvalue weighted by Gasteiger charge is -2.24. The molecule has 0 bridgehead atoms. The molecule has 0 saturated heterocycles. The Morgan fingerprint density at radius 1 is 1.03 bits per heavy atom. The van der Waals surface area contributed by atoms with Crippen molar-refractivity contribution < 1.29 is 13.6 Å². The average Bonchev–Trinajstić information content (AvgIpc) is 3.21. The molecule has 3 aromatic heterocycles. The molecular weight excluding hydrogens is 380 g/mol. The molecular formula is C19H15F2N7O. The van der Waals surface area contributed by atoms with Crippen molar-refractivity contribution in [3.8, 4) is 5.82 Å². The van der Waals surface area contributed by atoms with E-state index in [0.717, 1.165) is 0 Å². The van der Waals surface area contributed by atoms with E-state index in [4.69, 9.17) is 0 Å². The number of rotatable bonds is 2. The molecule has 5 rings (SSSR count). The van der Waals surface area contributed by atoms with Gasteiger partial charge in [-0.15, -0.1) is 15.3 Å². The molecule has 0 radical (unpaired) electrons. The van der Waals surface area contributed by atoms with Crippen molar-refractivity contribution in [1.82, 2.24) is 29.6 Å². The summed E-state index contributed by atoms with van der Waals surface area (Å²) in [6.45, 7) is 3.50. The number of carbonyl (C=O) groups excluding carboxylic acids is 1. The molecule has 4 heterocycles. The molecule has 0 aliphatic carbocycles. The van der Waals surface area contributed by atoms with Gasteiger partial charge >= 0.3 is 0 Å². The predicted octanol–water partition coefficient (Wildman–Crippen LogP) is 2.68. The second-order valence-electron chi connectivity index (χ2n) is 6.91. The normalized spacial score (nSPS) is 16.1. The van der Waals surface area contributed by atoms with Gasteiger partial charge in [0, 0.05) is 23.5 Å². The molecule has 1 aromatic carbocycles. The van der Waals surface area contributed by atoms with Gasteiger partial charge in [-0.05, 0) is 38.1 Å². The zero-order chi connectivity index (χ0) is 20.3. The molecule has 0 spiro atoms. The Hall–Kier alpha value is -3.69. The SMILES string of the molecule is Cc1nn(-c2ccc3nnc(C)n3n2)c2c1[C@H](c1c(F)cccc1F)CC(=O)N2. The quantitative estimate of drug-likeness (QED) is 0.564. The van der Waals surface area contributed by atoms with E-state index in [1.807, 2.05) is 0 Å². The first-order valence-corrected chi connectivity index (χ1v) is 8.96. The summed E-state index contributed by atoms with van der Waals surface area (Å²) < 4.78 is 32.0. The van der Waals surface area contributed by atoms with Gasteiger partial charge in [-0.25, -0.2) is 8.78 Å². The van der Waals surface area contributed by atoms with Gasteiger partial charge in [0.2, 0.25) is 5.91 Å². The van der Waals surface area contributed by atoms with Crippen LogP contribution in [0.2, 0.25) is 0 Å².